The van der Waals surface area contributed by atoms with Gasteiger partial charge in [-0.2, -0.15) is 0 Å². The summed E-state index contributed by atoms with van der Waals surface area (Å²) in [5, 5.41) is 0. The zero-order valence-corrected chi connectivity index (χ0v) is 11.5. The van der Waals surface area contributed by atoms with Crippen LogP contribution in [0, 0.1) is 0 Å². The molecule has 0 aromatic rings. The topological polar surface area (TPSA) is 0 Å². The number of rotatable bonds is 10. The van der Waals surface area contributed by atoms with Crippen molar-refractivity contribution < 1.29 is 4.48 Å². The number of hydrogen-bond acceptors (Lipinski definition) is 0. The number of nitrogens with zero attached hydrogens (tertiary/aromatic N) is 1. The monoisotopic (exact) mass is 214 g/mol. The van der Waals surface area contributed by atoms with Crippen LogP contribution in [0.3, 0.4) is 0 Å². The Morgan fingerprint density at radius 1 is 0.600 bits per heavy atom. The molecule has 0 saturated heterocycles. The molecule has 0 fully saturated rings. The van der Waals surface area contributed by atoms with Crippen molar-refractivity contribution in [2.45, 2.75) is 66.2 Å². The lowest BCUT2D eigenvalue weighted by molar-refractivity contribution is -0.925. The third kappa shape index (κ3) is 6.19. The van der Waals surface area contributed by atoms with Gasteiger partial charge in [0.05, 0.1) is 26.2 Å². The van der Waals surface area contributed by atoms with Crippen molar-refractivity contribution in [2.24, 2.45) is 0 Å². The van der Waals surface area contributed by atoms with Gasteiger partial charge in [0.15, 0.2) is 0 Å². The molecule has 0 rings (SSSR count). The molecule has 0 aliphatic carbocycles. The predicted molar refractivity (Wildman–Crippen MR) is 70.1 cm³/mol. The summed E-state index contributed by atoms with van der Waals surface area (Å²) in [6.07, 6.45) is 8.38. The molecule has 0 aromatic heterocycles. The van der Waals surface area contributed by atoms with Crippen LogP contribution in [0.2, 0.25) is 0 Å². The lowest BCUT2D eigenvalue weighted by Gasteiger charge is -2.37. The molecule has 0 aromatic carbocycles. The smallest absolute Gasteiger partial charge is 0.0786 e. The standard InChI is InChI=1S/C14H32N/c1-5-9-11-12-14-15(7-3,8-4)13-10-6-2/h5-14H2,1-4H3/q+1. The van der Waals surface area contributed by atoms with E-state index in [4.69, 9.17) is 0 Å². The molecule has 0 aliphatic heterocycles. The largest absolute Gasteiger partial charge is 0.324 e. The van der Waals surface area contributed by atoms with Crippen LogP contribution >= 0.6 is 0 Å². The van der Waals surface area contributed by atoms with Crippen molar-refractivity contribution in [1.82, 2.24) is 0 Å². The van der Waals surface area contributed by atoms with Crippen molar-refractivity contribution in [3.63, 3.8) is 0 Å². The van der Waals surface area contributed by atoms with E-state index in [-0.39, 0.29) is 0 Å². The maximum Gasteiger partial charge on any atom is 0.0786 e. The summed E-state index contributed by atoms with van der Waals surface area (Å²) >= 11 is 0. The van der Waals surface area contributed by atoms with E-state index >= 15 is 0 Å². The number of hydrogen-bond donors (Lipinski definition) is 0. The Balaban J connectivity index is 3.88. The summed E-state index contributed by atoms with van der Waals surface area (Å²) in [6, 6.07) is 0. The molecule has 0 bridgehead atoms. The van der Waals surface area contributed by atoms with Gasteiger partial charge < -0.3 is 4.48 Å². The number of quaternary nitrogens is 1. The van der Waals surface area contributed by atoms with E-state index in [9.17, 15) is 0 Å². The lowest BCUT2D eigenvalue weighted by Crippen LogP contribution is -2.49. The molecule has 0 amide bonds. The molecule has 15 heavy (non-hydrogen) atoms. The SMILES string of the molecule is CCCCCC[N+](CC)(CC)CCCC. The summed E-state index contributed by atoms with van der Waals surface area (Å²) in [6.45, 7) is 14.8. The third-order valence-corrected chi connectivity index (χ3v) is 3.81. The van der Waals surface area contributed by atoms with E-state index in [0.29, 0.717) is 0 Å². The van der Waals surface area contributed by atoms with Gasteiger partial charge in [-0.1, -0.05) is 33.1 Å². The highest BCUT2D eigenvalue weighted by Gasteiger charge is 2.21. The van der Waals surface area contributed by atoms with E-state index < -0.39 is 0 Å². The first-order valence-electron chi connectivity index (χ1n) is 7.09. The van der Waals surface area contributed by atoms with Gasteiger partial charge in [-0.15, -0.1) is 0 Å². The maximum atomic E-state index is 2.36. The predicted octanol–water partition coefficient (Wildman–Crippen LogP) is 4.22. The first kappa shape index (κ1) is 15.0. The molecular weight excluding hydrogens is 182 g/mol. The average molecular weight is 214 g/mol. The maximum absolute atomic E-state index is 2.36. The Morgan fingerprint density at radius 2 is 1.13 bits per heavy atom. The first-order valence-corrected chi connectivity index (χ1v) is 7.09. The number of unbranched alkanes of at least 4 members (excludes halogenated alkanes) is 4. The Morgan fingerprint density at radius 3 is 1.60 bits per heavy atom. The lowest BCUT2D eigenvalue weighted by atomic mass is 10.1. The van der Waals surface area contributed by atoms with Crippen molar-refractivity contribution >= 4 is 0 Å². The van der Waals surface area contributed by atoms with Crippen LogP contribution in [0.15, 0.2) is 0 Å². The highest BCUT2D eigenvalue weighted by atomic mass is 15.3. The summed E-state index contributed by atoms with van der Waals surface area (Å²) < 4.78 is 1.36. The van der Waals surface area contributed by atoms with Crippen LogP contribution < -0.4 is 0 Å². The van der Waals surface area contributed by atoms with Crippen molar-refractivity contribution in [3.05, 3.63) is 0 Å². The van der Waals surface area contributed by atoms with E-state index in [1.807, 2.05) is 0 Å². The molecule has 92 valence electrons. The fourth-order valence-corrected chi connectivity index (χ4v) is 2.34. The Labute approximate surface area is 97.5 Å². The average Bonchev–Trinajstić information content (AvgIpc) is 2.29. The minimum atomic E-state index is 1.32. The molecule has 0 heterocycles. The minimum absolute atomic E-state index is 1.32. The van der Waals surface area contributed by atoms with E-state index in [1.54, 1.807) is 0 Å². The summed E-state index contributed by atoms with van der Waals surface area (Å²) in [5.41, 5.74) is 0. The van der Waals surface area contributed by atoms with Crippen LogP contribution in [-0.4, -0.2) is 30.7 Å². The quantitative estimate of drug-likeness (QED) is 0.377. The van der Waals surface area contributed by atoms with Gasteiger partial charge in [-0.25, -0.2) is 0 Å². The highest BCUT2D eigenvalue weighted by Crippen LogP contribution is 2.12. The second kappa shape index (κ2) is 9.21. The molecule has 0 aliphatic rings. The molecule has 0 saturated carbocycles. The van der Waals surface area contributed by atoms with Crippen molar-refractivity contribution in [3.8, 4) is 0 Å². The summed E-state index contributed by atoms with van der Waals surface area (Å²) in [4.78, 5) is 0. The van der Waals surface area contributed by atoms with Crippen LogP contribution in [-0.2, 0) is 0 Å². The highest BCUT2D eigenvalue weighted by molar-refractivity contribution is 4.45. The van der Waals surface area contributed by atoms with Crippen molar-refractivity contribution in [1.29, 1.82) is 0 Å². The van der Waals surface area contributed by atoms with Gasteiger partial charge in [-0.3, -0.25) is 0 Å². The van der Waals surface area contributed by atoms with E-state index in [1.165, 1.54) is 69.2 Å². The second-order valence-electron chi connectivity index (χ2n) is 4.84. The van der Waals surface area contributed by atoms with Gasteiger partial charge in [0.25, 0.3) is 0 Å². The Kier molecular flexibility index (Phi) is 9.18. The molecule has 0 spiro atoms. The normalized spacial score (nSPS) is 12.0. The zero-order valence-electron chi connectivity index (χ0n) is 11.5. The molecule has 0 atom stereocenters. The molecule has 1 nitrogen and oxygen atoms in total. The molecule has 0 unspecified atom stereocenters. The van der Waals surface area contributed by atoms with Gasteiger partial charge in [0.2, 0.25) is 0 Å². The van der Waals surface area contributed by atoms with Crippen LogP contribution in [0.4, 0.5) is 0 Å². The third-order valence-electron chi connectivity index (χ3n) is 3.81. The van der Waals surface area contributed by atoms with Gasteiger partial charge >= 0.3 is 0 Å². The Bertz CT molecular complexity index is 127. The fraction of sp³-hybridized carbons (Fsp3) is 1.00. The zero-order chi connectivity index (χ0) is 11.6. The Hall–Kier alpha value is -0.0400. The molecule has 0 N–H and O–H groups in total. The summed E-state index contributed by atoms with van der Waals surface area (Å²) in [7, 11) is 0. The summed E-state index contributed by atoms with van der Waals surface area (Å²) in [5.74, 6) is 0. The van der Waals surface area contributed by atoms with E-state index in [0.717, 1.165) is 0 Å². The molecule has 0 radical (unpaired) electrons. The van der Waals surface area contributed by atoms with Gasteiger partial charge in [0.1, 0.15) is 0 Å². The van der Waals surface area contributed by atoms with Gasteiger partial charge in [-0.05, 0) is 33.1 Å². The van der Waals surface area contributed by atoms with Gasteiger partial charge in [0, 0.05) is 0 Å². The van der Waals surface area contributed by atoms with Crippen LogP contribution in [0.25, 0.3) is 0 Å². The van der Waals surface area contributed by atoms with Crippen LogP contribution in [0.1, 0.15) is 66.2 Å². The van der Waals surface area contributed by atoms with Crippen LogP contribution in [0.5, 0.6) is 0 Å². The molecular formula is C14H32N+. The minimum Gasteiger partial charge on any atom is -0.324 e. The molecule has 1 heteroatoms. The fourth-order valence-electron chi connectivity index (χ4n) is 2.34. The van der Waals surface area contributed by atoms with Crippen molar-refractivity contribution in [2.75, 3.05) is 26.2 Å². The van der Waals surface area contributed by atoms with E-state index in [2.05, 4.69) is 27.7 Å². The first-order chi connectivity index (χ1) is 7.24. The second-order valence-corrected chi connectivity index (χ2v) is 4.84.